The number of Topliss-reactive ketones (excluding diaryl/α,β-unsaturated/α-hetero) is 1. The van der Waals surface area contributed by atoms with Gasteiger partial charge in [0.05, 0.1) is 11.3 Å². The number of rotatable bonds is 2. The normalized spacial score (nSPS) is 15.2. The fourth-order valence-electron chi connectivity index (χ4n) is 2.57. The highest BCUT2D eigenvalue weighted by Crippen LogP contribution is 2.35. The monoisotopic (exact) mass is 344 g/mol. The van der Waals surface area contributed by atoms with E-state index in [4.69, 9.17) is 0 Å². The number of aryl methyl sites for hydroxylation is 1. The van der Waals surface area contributed by atoms with Gasteiger partial charge in [-0.3, -0.25) is 9.59 Å². The molecule has 1 amide bonds. The van der Waals surface area contributed by atoms with Crippen molar-refractivity contribution in [1.82, 2.24) is 4.98 Å². The summed E-state index contributed by atoms with van der Waals surface area (Å²) in [7, 11) is 0. The largest absolute Gasteiger partial charge is 0.361 e. The number of amides is 1. The smallest absolute Gasteiger partial charge is 0.256 e. The molecule has 2 heterocycles. The molecule has 1 aliphatic heterocycles. The summed E-state index contributed by atoms with van der Waals surface area (Å²) in [6.45, 7) is 3.39. The fourth-order valence-corrected chi connectivity index (χ4v) is 2.93. The summed E-state index contributed by atoms with van der Waals surface area (Å²) < 4.78 is 0.901. The van der Waals surface area contributed by atoms with Crippen molar-refractivity contribution in [2.45, 2.75) is 13.8 Å². The molecule has 2 aromatic rings. The van der Waals surface area contributed by atoms with Gasteiger partial charge in [-0.15, -0.1) is 0 Å². The number of halogens is 1. The van der Waals surface area contributed by atoms with Crippen molar-refractivity contribution in [2.24, 2.45) is 0 Å². The van der Waals surface area contributed by atoms with Crippen LogP contribution in [-0.2, 0) is 4.79 Å². The molecule has 21 heavy (non-hydrogen) atoms. The third-order valence-corrected chi connectivity index (χ3v) is 4.01. The van der Waals surface area contributed by atoms with Gasteiger partial charge in [-0.2, -0.15) is 0 Å². The Labute approximate surface area is 130 Å². The Hall–Kier alpha value is -2.14. The van der Waals surface area contributed by atoms with Crippen molar-refractivity contribution in [3.8, 4) is 0 Å². The predicted molar refractivity (Wildman–Crippen MR) is 86.2 cm³/mol. The van der Waals surface area contributed by atoms with Crippen LogP contribution in [0.5, 0.6) is 0 Å². The van der Waals surface area contributed by atoms with Crippen molar-refractivity contribution in [3.05, 3.63) is 51.3 Å². The van der Waals surface area contributed by atoms with Gasteiger partial charge in [0.25, 0.3) is 5.91 Å². The molecule has 2 N–H and O–H groups in total. The lowest BCUT2D eigenvalue weighted by atomic mass is 10.0. The second-order valence-corrected chi connectivity index (χ2v) is 5.93. The summed E-state index contributed by atoms with van der Waals surface area (Å²) in [5.41, 5.74) is 4.33. The minimum absolute atomic E-state index is 0.0199. The molecule has 0 saturated carbocycles. The third kappa shape index (κ3) is 2.34. The summed E-state index contributed by atoms with van der Waals surface area (Å²) in [5.74, 6) is -0.182. The van der Waals surface area contributed by atoms with Crippen molar-refractivity contribution in [3.63, 3.8) is 0 Å². The van der Waals surface area contributed by atoms with Gasteiger partial charge in [0.15, 0.2) is 5.78 Å². The standard InChI is InChI=1S/C16H13BrN2O2/c1-8-7-18-14(15(8)9(2)20)6-12-11-5-10(17)3-4-13(11)19-16(12)21/h3-7,18H,1-2H3,(H,19,21). The SMILES string of the molecule is CC(=O)c1c(C)c[nH]c1C=C1C(=O)Nc2ccc(Br)cc21. The molecule has 1 aliphatic rings. The highest BCUT2D eigenvalue weighted by molar-refractivity contribution is 9.10. The first-order valence-electron chi connectivity index (χ1n) is 6.49. The van der Waals surface area contributed by atoms with E-state index < -0.39 is 0 Å². The number of hydrogen-bond acceptors (Lipinski definition) is 2. The predicted octanol–water partition coefficient (Wildman–Crippen LogP) is 3.78. The maximum absolute atomic E-state index is 12.1. The van der Waals surface area contributed by atoms with Crippen molar-refractivity contribution >= 4 is 45.0 Å². The quantitative estimate of drug-likeness (QED) is 0.643. The van der Waals surface area contributed by atoms with Crippen LogP contribution in [0.15, 0.2) is 28.9 Å². The first-order valence-corrected chi connectivity index (χ1v) is 7.28. The van der Waals surface area contributed by atoms with Crippen molar-refractivity contribution in [1.29, 1.82) is 0 Å². The second-order valence-electron chi connectivity index (χ2n) is 5.02. The number of H-pyrrole nitrogens is 1. The molecular weight excluding hydrogens is 332 g/mol. The zero-order valence-electron chi connectivity index (χ0n) is 11.6. The number of aromatic amines is 1. The molecule has 0 bridgehead atoms. The van der Waals surface area contributed by atoms with Crippen molar-refractivity contribution < 1.29 is 9.59 Å². The molecule has 4 nitrogen and oxygen atoms in total. The van der Waals surface area contributed by atoms with E-state index in [1.807, 2.05) is 25.1 Å². The van der Waals surface area contributed by atoms with Crippen LogP contribution in [0.1, 0.15) is 34.1 Å². The molecule has 0 aliphatic carbocycles. The maximum Gasteiger partial charge on any atom is 0.256 e. The number of benzene rings is 1. The second kappa shape index (κ2) is 5.00. The Morgan fingerprint density at radius 3 is 2.81 bits per heavy atom. The number of carbonyl (C=O) groups excluding carboxylic acids is 2. The topological polar surface area (TPSA) is 62.0 Å². The molecule has 0 fully saturated rings. The van der Waals surface area contributed by atoms with E-state index in [1.165, 1.54) is 6.92 Å². The van der Waals surface area contributed by atoms with Gasteiger partial charge >= 0.3 is 0 Å². The number of nitrogens with one attached hydrogen (secondary N) is 2. The van der Waals surface area contributed by atoms with Gasteiger partial charge in [-0.25, -0.2) is 0 Å². The van der Waals surface area contributed by atoms with Crippen LogP contribution in [0.2, 0.25) is 0 Å². The van der Waals surface area contributed by atoms with Gasteiger partial charge < -0.3 is 10.3 Å². The van der Waals surface area contributed by atoms with E-state index in [1.54, 1.807) is 12.3 Å². The fraction of sp³-hybridized carbons (Fsp3) is 0.125. The molecule has 0 spiro atoms. The Kier molecular flexibility index (Phi) is 3.29. The molecule has 0 unspecified atom stereocenters. The molecule has 3 rings (SSSR count). The Balaban J connectivity index is 2.16. The lowest BCUT2D eigenvalue weighted by Gasteiger charge is -2.01. The molecule has 1 aromatic carbocycles. The van der Waals surface area contributed by atoms with Crippen LogP contribution in [0.3, 0.4) is 0 Å². The summed E-state index contributed by atoms with van der Waals surface area (Å²) >= 11 is 3.41. The lowest BCUT2D eigenvalue weighted by molar-refractivity contribution is -0.110. The first kappa shape index (κ1) is 13.8. The van der Waals surface area contributed by atoms with E-state index in [0.29, 0.717) is 16.8 Å². The van der Waals surface area contributed by atoms with Crippen LogP contribution < -0.4 is 5.32 Å². The number of hydrogen-bond donors (Lipinski definition) is 2. The van der Waals surface area contributed by atoms with E-state index in [2.05, 4.69) is 26.2 Å². The average molecular weight is 345 g/mol. The van der Waals surface area contributed by atoms with Gasteiger partial charge in [0.2, 0.25) is 0 Å². The minimum atomic E-state index is -0.162. The van der Waals surface area contributed by atoms with Gasteiger partial charge in [-0.1, -0.05) is 15.9 Å². The Morgan fingerprint density at radius 1 is 1.33 bits per heavy atom. The Morgan fingerprint density at radius 2 is 2.10 bits per heavy atom. The first-order chi connectivity index (χ1) is 9.97. The molecule has 1 aromatic heterocycles. The van der Waals surface area contributed by atoms with Crippen LogP contribution in [0.4, 0.5) is 5.69 Å². The number of aromatic nitrogens is 1. The zero-order valence-corrected chi connectivity index (χ0v) is 13.2. The molecule has 0 saturated heterocycles. The van der Waals surface area contributed by atoms with E-state index in [9.17, 15) is 9.59 Å². The van der Waals surface area contributed by atoms with Crippen LogP contribution in [0, 0.1) is 6.92 Å². The zero-order chi connectivity index (χ0) is 15.1. The van der Waals surface area contributed by atoms with Gasteiger partial charge in [-0.05, 0) is 43.7 Å². The lowest BCUT2D eigenvalue weighted by Crippen LogP contribution is -2.04. The van der Waals surface area contributed by atoms with E-state index in [-0.39, 0.29) is 11.7 Å². The van der Waals surface area contributed by atoms with Crippen LogP contribution in [-0.4, -0.2) is 16.7 Å². The van der Waals surface area contributed by atoms with Gasteiger partial charge in [0.1, 0.15) is 0 Å². The number of fused-ring (bicyclic) bond motifs is 1. The molecule has 106 valence electrons. The Bertz CT molecular complexity index is 803. The summed E-state index contributed by atoms with van der Waals surface area (Å²) in [6, 6.07) is 5.62. The molecule has 0 radical (unpaired) electrons. The molecule has 5 heteroatoms. The van der Waals surface area contributed by atoms with Crippen LogP contribution >= 0.6 is 15.9 Å². The van der Waals surface area contributed by atoms with E-state index >= 15 is 0 Å². The average Bonchev–Trinajstić information content (AvgIpc) is 2.92. The van der Waals surface area contributed by atoms with Crippen LogP contribution in [0.25, 0.3) is 11.6 Å². The molecule has 0 atom stereocenters. The summed E-state index contributed by atoms with van der Waals surface area (Å²) in [5, 5.41) is 2.82. The highest BCUT2D eigenvalue weighted by Gasteiger charge is 2.25. The van der Waals surface area contributed by atoms with Gasteiger partial charge in [0, 0.05) is 27.5 Å². The van der Waals surface area contributed by atoms with E-state index in [0.717, 1.165) is 21.3 Å². The summed E-state index contributed by atoms with van der Waals surface area (Å²) in [4.78, 5) is 26.9. The number of ketones is 1. The highest BCUT2D eigenvalue weighted by atomic mass is 79.9. The van der Waals surface area contributed by atoms with Crippen molar-refractivity contribution in [2.75, 3.05) is 5.32 Å². The maximum atomic E-state index is 12.1. The number of carbonyl (C=O) groups is 2. The molecular formula is C16H13BrN2O2. The third-order valence-electron chi connectivity index (χ3n) is 3.51. The number of anilines is 1. The summed E-state index contributed by atoms with van der Waals surface area (Å²) in [6.07, 6.45) is 3.51. The minimum Gasteiger partial charge on any atom is -0.361 e.